The van der Waals surface area contributed by atoms with E-state index >= 15 is 0 Å². The average molecular weight is 1610 g/mol. The summed E-state index contributed by atoms with van der Waals surface area (Å²) >= 11 is 8.59. The highest BCUT2D eigenvalue weighted by Gasteiger charge is 2.44. The number of aliphatic hydroxyl groups is 3. The molecule has 31 nitrogen and oxygen atoms in total. The monoisotopic (exact) mass is 1610 g/mol. The number of methoxy groups -OCH3 is 1. The van der Waals surface area contributed by atoms with E-state index in [9.17, 15) is 58.7 Å². The van der Waals surface area contributed by atoms with Crippen LogP contribution in [0.1, 0.15) is 67.5 Å². The molecule has 606 valence electrons. The minimum atomic E-state index is -1.96. The topological polar surface area (TPSA) is 412 Å². The number of aliphatic carboxylic acids is 2. The van der Waals surface area contributed by atoms with E-state index in [0.29, 0.717) is 137 Å². The molecule has 114 heavy (non-hydrogen) atoms. The van der Waals surface area contributed by atoms with Crippen LogP contribution in [0.4, 0.5) is 14.9 Å². The van der Waals surface area contributed by atoms with Crippen molar-refractivity contribution >= 4 is 74.5 Å². The SMILES string of the molecule is COc1ccccc1-c1nccc(COc2ccccc2C[C@@H](Oc2ncnc3sc(-c4ccc(F)cc4)c(-c4ccc(OCCN5CC[N+](C)(Cc6ccc(NC(=O)[C@H](CCCNC(N)=O)NC(=O)[C@@H](NC(=O)CCOCCN7OC=CO7)C(C)C)cc6CC[C@@H]6O[C@H](C(=O)[O-])[C@@H](O)[C@H](O)[C@H]6O)CC5)c(Cl)c4C)c23)C(=O)O)n1. The second kappa shape index (κ2) is 39.4. The number of carbonyl (C=O) groups is 6. The number of carboxylic acids is 2. The Morgan fingerprint density at radius 2 is 1.56 bits per heavy atom. The number of anilines is 1. The van der Waals surface area contributed by atoms with E-state index in [-0.39, 0.29) is 83.9 Å². The van der Waals surface area contributed by atoms with E-state index in [1.807, 2.05) is 43.3 Å². The van der Waals surface area contributed by atoms with Crippen molar-refractivity contribution in [1.29, 1.82) is 0 Å². The normalized spacial score (nSPS) is 18.2. The first-order valence-corrected chi connectivity index (χ1v) is 38.4. The lowest BCUT2D eigenvalue weighted by molar-refractivity contribution is -0.926. The highest BCUT2D eigenvalue weighted by atomic mass is 35.5. The maximum Gasteiger partial charge on any atom is 0.345 e. The molecule has 8 aromatic rings. The van der Waals surface area contributed by atoms with Gasteiger partial charge in [0.05, 0.1) is 80.7 Å². The Morgan fingerprint density at radius 1 is 0.816 bits per heavy atom. The number of nitrogens with two attached hydrogens (primary N) is 1. The number of fused-ring (bicyclic) bond motifs is 1. The molecule has 0 unspecified atom stereocenters. The van der Waals surface area contributed by atoms with Crippen molar-refractivity contribution in [3.63, 3.8) is 0 Å². The van der Waals surface area contributed by atoms with Crippen molar-refractivity contribution in [2.75, 3.05) is 85.1 Å². The minimum Gasteiger partial charge on any atom is -0.547 e. The third kappa shape index (κ3) is 21.8. The van der Waals surface area contributed by atoms with Gasteiger partial charge in [0.25, 0.3) is 0 Å². The number of benzene rings is 5. The fourth-order valence-electron chi connectivity index (χ4n) is 13.6. The number of nitrogens with zero attached hydrogens (tertiary/aromatic N) is 7. The van der Waals surface area contributed by atoms with E-state index < -0.39 is 96.1 Å². The van der Waals surface area contributed by atoms with Crippen molar-refractivity contribution in [3.8, 4) is 56.1 Å². The number of hydrogen-bond donors (Lipinski definition) is 9. The van der Waals surface area contributed by atoms with E-state index in [1.165, 1.54) is 47.5 Å². The molecule has 0 radical (unpaired) electrons. The van der Waals surface area contributed by atoms with Gasteiger partial charge in [-0.3, -0.25) is 19.3 Å². The lowest BCUT2D eigenvalue weighted by Gasteiger charge is -2.42. The Morgan fingerprint density at radius 3 is 2.29 bits per heavy atom. The molecule has 10 N–H and O–H groups in total. The zero-order valence-corrected chi connectivity index (χ0v) is 65.0. The van der Waals surface area contributed by atoms with Crippen LogP contribution in [0.25, 0.3) is 43.2 Å². The van der Waals surface area contributed by atoms with Crippen LogP contribution in [0.3, 0.4) is 0 Å². The molecule has 6 heterocycles. The molecular weight excluding hydrogens is 1520 g/mol. The molecule has 2 saturated heterocycles. The quantitative estimate of drug-likeness (QED) is 0.0154. The summed E-state index contributed by atoms with van der Waals surface area (Å²) in [4.78, 5) is 110. The number of urea groups is 1. The zero-order chi connectivity index (χ0) is 81.2. The van der Waals surface area contributed by atoms with Gasteiger partial charge in [-0.15, -0.1) is 11.3 Å². The number of halogens is 2. The predicted octanol–water partition coefficient (Wildman–Crippen LogP) is 6.19. The number of hydroxylamine groups is 2. The number of aliphatic hydroxyl groups excluding tert-OH is 3. The first-order valence-electron chi connectivity index (χ1n) is 37.2. The van der Waals surface area contributed by atoms with Crippen molar-refractivity contribution in [3.05, 3.63) is 173 Å². The van der Waals surface area contributed by atoms with Crippen LogP contribution in [-0.2, 0) is 69.1 Å². The Labute approximate surface area is 665 Å². The number of piperazine rings is 1. The molecule has 11 rings (SSSR count). The second-order valence-electron chi connectivity index (χ2n) is 28.3. The Hall–Kier alpha value is -10.7. The molecule has 3 aliphatic rings. The number of likely N-dealkylation sites (N-methyl/N-ethyl adjacent to an activating group) is 1. The van der Waals surface area contributed by atoms with Gasteiger partial charge < -0.3 is 99.9 Å². The van der Waals surface area contributed by atoms with E-state index in [4.69, 9.17) is 60.4 Å². The molecule has 3 aliphatic heterocycles. The van der Waals surface area contributed by atoms with Gasteiger partial charge in [0.2, 0.25) is 29.7 Å². The standard InChI is InChI=1S/C80H92ClFN12O19S/c1-46(2)67(91-63(95)27-36-107-37-33-93-110-39-40-111-93)75(100)90-57(13-10-28-85-80(83)105)74(99)89-53-22-18-51(49(41-53)19-24-61-68(96)69(97)70(98)71(112-61)79(103)104)43-94(4)34-30-92(31-35-94)32-38-108-60-25-23-55(47(3)66(60)81)64-65-76(86-45-87-77(65)114-72(64)48-16-20-52(82)21-17-48)113-62(78(101)102)42-50-11-6-8-14-58(50)109-44-54-26-29-84-73(88-54)56-12-7-9-15-59(56)106-5/h6-9,11-12,14-18,20-23,25-26,29,39-41,45-46,57,61-62,67-71,96-98H,10,13,19,24,27-28,30-38,42-44H2,1-5H3,(H7-,83,85,89,90,91,95,99,100,101,102,103,104,105)/t57-,61-,62+,67-,68-,69+,70-,71-/m0/s1. The molecule has 5 aromatic carbocycles. The third-order valence-electron chi connectivity index (χ3n) is 19.9. The van der Waals surface area contributed by atoms with E-state index in [2.05, 4.69) is 48.2 Å². The lowest BCUT2D eigenvalue weighted by Crippen LogP contribution is -2.62. The smallest absolute Gasteiger partial charge is 0.345 e. The molecule has 0 saturated carbocycles. The number of nitrogens with one attached hydrogen (secondary N) is 4. The summed E-state index contributed by atoms with van der Waals surface area (Å²) in [6.45, 7) is 9.76. The first kappa shape index (κ1) is 84.2. The number of quaternary nitrogens is 1. The van der Waals surface area contributed by atoms with Crippen LogP contribution in [0, 0.1) is 18.7 Å². The van der Waals surface area contributed by atoms with Crippen molar-refractivity contribution < 1.29 is 101 Å². The summed E-state index contributed by atoms with van der Waals surface area (Å²) in [6, 6.07) is 28.0. The largest absolute Gasteiger partial charge is 0.547 e. The lowest BCUT2D eigenvalue weighted by atomic mass is 9.90. The molecule has 8 atom stereocenters. The summed E-state index contributed by atoms with van der Waals surface area (Å²) < 4.78 is 51.1. The fourth-order valence-corrected chi connectivity index (χ4v) is 15.0. The van der Waals surface area contributed by atoms with E-state index in [1.54, 1.807) is 87.8 Å². The van der Waals surface area contributed by atoms with E-state index in [0.717, 1.165) is 5.56 Å². The van der Waals surface area contributed by atoms with Gasteiger partial charge in [-0.05, 0) is 121 Å². The van der Waals surface area contributed by atoms with Crippen LogP contribution in [0.2, 0.25) is 5.02 Å². The summed E-state index contributed by atoms with van der Waals surface area (Å²) in [7, 11) is 3.68. The average Bonchev–Trinajstić information content (AvgIpc) is 1.59. The van der Waals surface area contributed by atoms with Gasteiger partial charge in [0.15, 0.2) is 18.3 Å². The molecule has 2 fully saturated rings. The first-order chi connectivity index (χ1) is 54.8. The number of aryl methyl sites for hydroxylation is 1. The number of primary amides is 1. The van der Waals surface area contributed by atoms with Crippen molar-refractivity contribution in [2.24, 2.45) is 11.7 Å². The molecule has 34 heteroatoms. The molecule has 3 aromatic heterocycles. The summed E-state index contributed by atoms with van der Waals surface area (Å²) in [5.41, 5.74) is 11.4. The van der Waals surface area contributed by atoms with Crippen LogP contribution in [-0.4, -0.2) is 219 Å². The molecular formula is C80H92ClFN12O19S. The number of aromatic nitrogens is 4. The number of carbonyl (C=O) groups excluding carboxylic acids is 5. The molecule has 5 amide bonds. The molecule has 0 aliphatic carbocycles. The van der Waals surface area contributed by atoms with Crippen molar-refractivity contribution in [1.82, 2.24) is 46.0 Å². The highest BCUT2D eigenvalue weighted by Crippen LogP contribution is 2.50. The van der Waals surface area contributed by atoms with Crippen molar-refractivity contribution in [2.45, 2.75) is 121 Å². The van der Waals surface area contributed by atoms with Crippen LogP contribution < -0.4 is 51.1 Å². The summed E-state index contributed by atoms with van der Waals surface area (Å²) in [5.74, 6) is -3.81. The minimum absolute atomic E-state index is 0.0115. The van der Waals surface area contributed by atoms with Gasteiger partial charge in [-0.1, -0.05) is 80.0 Å². The Bertz CT molecular complexity index is 4720. The fraction of sp³-hybridized carbons (Fsp3) is 0.400. The van der Waals surface area contributed by atoms with Gasteiger partial charge >= 0.3 is 12.0 Å². The number of para-hydroxylation sites is 2. The van der Waals surface area contributed by atoms with Gasteiger partial charge in [0.1, 0.15) is 90.5 Å². The third-order valence-corrected chi connectivity index (χ3v) is 21.6. The molecule has 0 spiro atoms. The number of amides is 5. The Balaban J connectivity index is 0.760. The number of thiophene rings is 1. The number of rotatable bonds is 38. The van der Waals surface area contributed by atoms with Crippen LogP contribution >= 0.6 is 22.9 Å². The second-order valence-corrected chi connectivity index (χ2v) is 29.7. The van der Waals surface area contributed by atoms with Crippen LogP contribution in [0.5, 0.6) is 23.1 Å². The van der Waals surface area contributed by atoms with Gasteiger partial charge in [-0.25, -0.2) is 33.9 Å². The molecule has 0 bridgehead atoms. The maximum absolute atomic E-state index is 14.6. The van der Waals surface area contributed by atoms with Gasteiger partial charge in [0, 0.05) is 72.1 Å². The van der Waals surface area contributed by atoms with Crippen LogP contribution in [0.15, 0.2) is 134 Å². The number of ether oxygens (including phenoxy) is 6. The predicted molar refractivity (Wildman–Crippen MR) is 414 cm³/mol. The summed E-state index contributed by atoms with van der Waals surface area (Å²) in [6.07, 6.45) is -4.42. The number of carboxylic acid groups (broad SMARTS) is 2. The highest BCUT2D eigenvalue weighted by molar-refractivity contribution is 7.22. The Kier molecular flexibility index (Phi) is 29.1. The summed E-state index contributed by atoms with van der Waals surface area (Å²) in [5, 5.41) is 68.0. The van der Waals surface area contributed by atoms with Gasteiger partial charge in [-0.2, -0.15) is 0 Å². The number of hydrogen-bond acceptors (Lipinski definition) is 25. The maximum atomic E-state index is 14.6. The zero-order valence-electron chi connectivity index (χ0n) is 63.4.